The number of carbonyl (C=O) groups is 2. The zero-order valence-electron chi connectivity index (χ0n) is 12.3. The molecule has 0 bridgehead atoms. The highest BCUT2D eigenvalue weighted by Crippen LogP contribution is 2.22. The summed E-state index contributed by atoms with van der Waals surface area (Å²) in [4.78, 5) is 23.7. The van der Waals surface area contributed by atoms with E-state index in [1.165, 1.54) is 5.56 Å². The lowest BCUT2D eigenvalue weighted by atomic mass is 9.86. The van der Waals surface area contributed by atoms with Crippen LogP contribution in [-0.4, -0.2) is 24.4 Å². The molecule has 1 aliphatic rings. The van der Waals surface area contributed by atoms with E-state index in [0.29, 0.717) is 18.5 Å². The third-order valence-corrected chi connectivity index (χ3v) is 3.60. The van der Waals surface area contributed by atoms with Gasteiger partial charge in [0.05, 0.1) is 0 Å². The largest absolute Gasteiger partial charge is 0.354 e. The Labute approximate surface area is 119 Å². The van der Waals surface area contributed by atoms with Crippen molar-refractivity contribution in [3.63, 3.8) is 0 Å². The first-order valence-corrected chi connectivity index (χ1v) is 7.07. The molecule has 2 rings (SSSR count). The van der Waals surface area contributed by atoms with E-state index in [1.807, 2.05) is 24.3 Å². The highest BCUT2D eigenvalue weighted by Gasteiger charge is 2.24. The summed E-state index contributed by atoms with van der Waals surface area (Å²) in [5, 5.41) is 5.56. The van der Waals surface area contributed by atoms with E-state index in [0.717, 1.165) is 6.42 Å². The molecule has 4 nitrogen and oxygen atoms in total. The molecule has 0 aliphatic carbocycles. The molecular formula is C16H22N2O2. The second-order valence-electron chi connectivity index (χ2n) is 6.29. The van der Waals surface area contributed by atoms with Crippen molar-refractivity contribution in [1.82, 2.24) is 10.6 Å². The van der Waals surface area contributed by atoms with E-state index < -0.39 is 6.04 Å². The van der Waals surface area contributed by atoms with Crippen LogP contribution in [0.15, 0.2) is 24.3 Å². The van der Waals surface area contributed by atoms with Crippen LogP contribution in [0.4, 0.5) is 0 Å². The summed E-state index contributed by atoms with van der Waals surface area (Å²) in [6.45, 7) is 7.10. The van der Waals surface area contributed by atoms with Gasteiger partial charge in [0, 0.05) is 12.1 Å². The summed E-state index contributed by atoms with van der Waals surface area (Å²) in [6, 6.07) is 7.16. The summed E-state index contributed by atoms with van der Waals surface area (Å²) in [5.74, 6) is -0.275. The van der Waals surface area contributed by atoms with Crippen molar-refractivity contribution >= 4 is 11.8 Å². The van der Waals surface area contributed by atoms with Crippen molar-refractivity contribution in [2.45, 2.75) is 45.1 Å². The molecule has 0 radical (unpaired) electrons. The Morgan fingerprint density at radius 2 is 1.90 bits per heavy atom. The van der Waals surface area contributed by atoms with Crippen LogP contribution in [0.3, 0.4) is 0 Å². The molecule has 0 saturated carbocycles. The van der Waals surface area contributed by atoms with Gasteiger partial charge in [0.1, 0.15) is 6.04 Å². The quantitative estimate of drug-likeness (QED) is 0.866. The number of hydrogen-bond donors (Lipinski definition) is 2. The van der Waals surface area contributed by atoms with Gasteiger partial charge in [-0.2, -0.15) is 0 Å². The average molecular weight is 274 g/mol. The van der Waals surface area contributed by atoms with E-state index in [2.05, 4.69) is 31.4 Å². The summed E-state index contributed by atoms with van der Waals surface area (Å²) in [5.41, 5.74) is 1.85. The summed E-state index contributed by atoms with van der Waals surface area (Å²) >= 11 is 0. The van der Waals surface area contributed by atoms with Gasteiger partial charge in [0.2, 0.25) is 5.91 Å². The third kappa shape index (κ3) is 3.38. The Balaban J connectivity index is 2.04. The molecule has 1 saturated heterocycles. The van der Waals surface area contributed by atoms with E-state index in [4.69, 9.17) is 0 Å². The van der Waals surface area contributed by atoms with Crippen LogP contribution in [-0.2, 0) is 10.2 Å². The molecule has 2 N–H and O–H groups in total. The van der Waals surface area contributed by atoms with Crippen LogP contribution in [0.2, 0.25) is 0 Å². The molecule has 1 heterocycles. The number of benzene rings is 1. The highest BCUT2D eigenvalue weighted by molar-refractivity contribution is 5.97. The standard InChI is InChI=1S/C16H22N2O2/c1-16(2,3)12-8-6-11(7-9-12)14(19)18-13-5-4-10-17-15(13)20/h6-9,13H,4-5,10H2,1-3H3,(H,17,20)(H,18,19)/t13-/m1/s1. The highest BCUT2D eigenvalue weighted by atomic mass is 16.2. The fraction of sp³-hybridized carbons (Fsp3) is 0.500. The molecule has 2 amide bonds. The predicted octanol–water partition coefficient (Wildman–Crippen LogP) is 1.99. The lowest BCUT2D eigenvalue weighted by Crippen LogP contribution is -2.50. The van der Waals surface area contributed by atoms with Gasteiger partial charge in [0.15, 0.2) is 0 Å². The van der Waals surface area contributed by atoms with E-state index in [-0.39, 0.29) is 17.2 Å². The summed E-state index contributed by atoms with van der Waals surface area (Å²) in [7, 11) is 0. The Kier molecular flexibility index (Phi) is 4.12. The monoisotopic (exact) mass is 274 g/mol. The van der Waals surface area contributed by atoms with Crippen LogP contribution in [0.1, 0.15) is 49.5 Å². The minimum Gasteiger partial charge on any atom is -0.354 e. The number of piperidine rings is 1. The molecule has 108 valence electrons. The molecule has 0 spiro atoms. The molecular weight excluding hydrogens is 252 g/mol. The first kappa shape index (κ1) is 14.6. The van der Waals surface area contributed by atoms with Gasteiger partial charge in [-0.25, -0.2) is 0 Å². The van der Waals surface area contributed by atoms with Gasteiger partial charge < -0.3 is 10.6 Å². The summed E-state index contributed by atoms with van der Waals surface area (Å²) < 4.78 is 0. The predicted molar refractivity (Wildman–Crippen MR) is 78.6 cm³/mol. The Morgan fingerprint density at radius 1 is 1.25 bits per heavy atom. The van der Waals surface area contributed by atoms with Crippen molar-refractivity contribution in [2.75, 3.05) is 6.54 Å². The van der Waals surface area contributed by atoms with E-state index in [9.17, 15) is 9.59 Å². The molecule has 1 aromatic rings. The van der Waals surface area contributed by atoms with Crippen molar-refractivity contribution in [1.29, 1.82) is 0 Å². The molecule has 0 aromatic heterocycles. The lowest BCUT2D eigenvalue weighted by molar-refractivity contribution is -0.124. The second kappa shape index (κ2) is 5.65. The third-order valence-electron chi connectivity index (χ3n) is 3.60. The first-order chi connectivity index (χ1) is 9.38. The minimum absolute atomic E-state index is 0.0677. The summed E-state index contributed by atoms with van der Waals surface area (Å²) in [6.07, 6.45) is 1.61. The van der Waals surface area contributed by atoms with Gasteiger partial charge in [-0.05, 0) is 36.0 Å². The maximum atomic E-state index is 12.1. The van der Waals surface area contributed by atoms with Crippen molar-refractivity contribution in [2.24, 2.45) is 0 Å². The maximum absolute atomic E-state index is 12.1. The van der Waals surface area contributed by atoms with Crippen LogP contribution in [0, 0.1) is 0 Å². The fourth-order valence-electron chi connectivity index (χ4n) is 2.27. The Bertz CT molecular complexity index is 500. The Hall–Kier alpha value is -1.84. The average Bonchev–Trinajstić information content (AvgIpc) is 2.40. The van der Waals surface area contributed by atoms with Gasteiger partial charge in [-0.1, -0.05) is 32.9 Å². The Morgan fingerprint density at radius 3 is 2.45 bits per heavy atom. The smallest absolute Gasteiger partial charge is 0.251 e. The van der Waals surface area contributed by atoms with E-state index >= 15 is 0 Å². The van der Waals surface area contributed by atoms with Gasteiger partial charge in [-0.15, -0.1) is 0 Å². The lowest BCUT2D eigenvalue weighted by Gasteiger charge is -2.23. The molecule has 0 unspecified atom stereocenters. The SMILES string of the molecule is CC(C)(C)c1ccc(C(=O)N[C@@H]2CCCNC2=O)cc1. The van der Waals surface area contributed by atoms with Gasteiger partial charge in [0.25, 0.3) is 5.91 Å². The molecule has 1 aromatic carbocycles. The molecule has 4 heteroatoms. The van der Waals surface area contributed by atoms with Crippen molar-refractivity contribution in [3.8, 4) is 0 Å². The second-order valence-corrected chi connectivity index (χ2v) is 6.29. The number of nitrogens with one attached hydrogen (secondary N) is 2. The maximum Gasteiger partial charge on any atom is 0.251 e. The number of amides is 2. The topological polar surface area (TPSA) is 58.2 Å². The van der Waals surface area contributed by atoms with Crippen molar-refractivity contribution in [3.05, 3.63) is 35.4 Å². The fourth-order valence-corrected chi connectivity index (χ4v) is 2.27. The molecule has 1 fully saturated rings. The zero-order valence-corrected chi connectivity index (χ0v) is 12.3. The molecule has 1 atom stereocenters. The van der Waals surface area contributed by atoms with Crippen molar-refractivity contribution < 1.29 is 9.59 Å². The van der Waals surface area contributed by atoms with Crippen LogP contribution >= 0.6 is 0 Å². The molecule has 1 aliphatic heterocycles. The molecule has 20 heavy (non-hydrogen) atoms. The van der Waals surface area contributed by atoms with Gasteiger partial charge in [-0.3, -0.25) is 9.59 Å². The van der Waals surface area contributed by atoms with Crippen LogP contribution < -0.4 is 10.6 Å². The minimum atomic E-state index is -0.404. The normalized spacial score (nSPS) is 19.4. The number of hydrogen-bond acceptors (Lipinski definition) is 2. The first-order valence-electron chi connectivity index (χ1n) is 7.07. The van der Waals surface area contributed by atoms with Crippen LogP contribution in [0.25, 0.3) is 0 Å². The van der Waals surface area contributed by atoms with Gasteiger partial charge >= 0.3 is 0 Å². The van der Waals surface area contributed by atoms with Crippen LogP contribution in [0.5, 0.6) is 0 Å². The number of rotatable bonds is 2. The zero-order chi connectivity index (χ0) is 14.8. The van der Waals surface area contributed by atoms with E-state index in [1.54, 1.807) is 0 Å². The number of carbonyl (C=O) groups excluding carboxylic acids is 2.